The third-order valence-electron chi connectivity index (χ3n) is 5.98. The molecule has 0 bridgehead atoms. The van der Waals surface area contributed by atoms with Crippen LogP contribution >= 0.6 is 0 Å². The van der Waals surface area contributed by atoms with Crippen molar-refractivity contribution in [2.24, 2.45) is 7.05 Å². The van der Waals surface area contributed by atoms with E-state index >= 15 is 0 Å². The molecular weight excluding hydrogens is 436 g/mol. The number of benzene rings is 1. The van der Waals surface area contributed by atoms with E-state index in [0.29, 0.717) is 39.6 Å². The van der Waals surface area contributed by atoms with Crippen molar-refractivity contribution in [1.82, 2.24) is 9.47 Å². The zero-order valence-electron chi connectivity index (χ0n) is 20.4. The highest BCUT2D eigenvalue weighted by atomic mass is 16.5. The molecule has 0 aliphatic carbocycles. The predicted octanol–water partition coefficient (Wildman–Crippen LogP) is 4.33. The Morgan fingerprint density at radius 3 is 2.50 bits per heavy atom. The highest BCUT2D eigenvalue weighted by Gasteiger charge is 2.33. The number of amides is 1. The van der Waals surface area contributed by atoms with E-state index in [-0.39, 0.29) is 24.8 Å². The van der Waals surface area contributed by atoms with Crippen molar-refractivity contribution < 1.29 is 28.3 Å². The van der Waals surface area contributed by atoms with Gasteiger partial charge in [0, 0.05) is 23.9 Å². The number of hydrogen-bond acceptors (Lipinski definition) is 6. The summed E-state index contributed by atoms with van der Waals surface area (Å²) in [6.45, 7) is 7.24. The lowest BCUT2D eigenvalue weighted by Gasteiger charge is -2.28. The summed E-state index contributed by atoms with van der Waals surface area (Å²) in [5.74, 6) is -0.0182. The van der Waals surface area contributed by atoms with E-state index in [0.717, 1.165) is 0 Å². The molecule has 2 aromatic heterocycles. The third kappa shape index (κ3) is 4.76. The number of nitrogens with zero attached hydrogens (tertiary/aromatic N) is 2. The van der Waals surface area contributed by atoms with Crippen LogP contribution in [0.15, 0.2) is 47.1 Å². The molecule has 8 nitrogen and oxygen atoms in total. The summed E-state index contributed by atoms with van der Waals surface area (Å²) in [6.07, 6.45) is 1.52. The first-order chi connectivity index (χ1) is 16.2. The number of hydrogen-bond donors (Lipinski definition) is 0. The molecule has 1 unspecified atom stereocenters. The van der Waals surface area contributed by atoms with Crippen molar-refractivity contribution in [3.05, 3.63) is 76.5 Å². The average Bonchev–Trinajstić information content (AvgIpc) is 3.42. The lowest BCUT2D eigenvalue weighted by Crippen LogP contribution is -2.43. The molecule has 1 atom stereocenters. The molecule has 2 heterocycles. The second-order valence-electron chi connectivity index (χ2n) is 8.00. The number of carbonyl (C=O) groups excluding carboxylic acids is 3. The van der Waals surface area contributed by atoms with Crippen molar-refractivity contribution in [1.29, 1.82) is 0 Å². The van der Waals surface area contributed by atoms with Gasteiger partial charge in [-0.2, -0.15) is 0 Å². The molecule has 8 heteroatoms. The average molecular weight is 467 g/mol. The third-order valence-corrected chi connectivity index (χ3v) is 5.98. The molecule has 0 fully saturated rings. The van der Waals surface area contributed by atoms with E-state index in [1.54, 1.807) is 75.7 Å². The molecule has 3 aromatic rings. The number of esters is 1. The van der Waals surface area contributed by atoms with Gasteiger partial charge in [-0.15, -0.1) is 0 Å². The van der Waals surface area contributed by atoms with Gasteiger partial charge in [-0.05, 0) is 63.6 Å². The van der Waals surface area contributed by atoms with E-state index < -0.39 is 12.0 Å². The Balaban J connectivity index is 2.02. The molecule has 0 saturated carbocycles. The molecule has 180 valence electrons. The Kier molecular flexibility index (Phi) is 7.61. The van der Waals surface area contributed by atoms with Crippen molar-refractivity contribution in [3.63, 3.8) is 0 Å². The van der Waals surface area contributed by atoms with Crippen molar-refractivity contribution >= 4 is 17.7 Å². The van der Waals surface area contributed by atoms with Gasteiger partial charge in [0.25, 0.3) is 5.91 Å². The number of methoxy groups -OCH3 is 1. The van der Waals surface area contributed by atoms with Crippen molar-refractivity contribution in [2.45, 2.75) is 40.3 Å². The van der Waals surface area contributed by atoms with Crippen LogP contribution in [0.4, 0.5) is 0 Å². The summed E-state index contributed by atoms with van der Waals surface area (Å²) in [4.78, 5) is 41.3. The van der Waals surface area contributed by atoms with Crippen LogP contribution in [0.2, 0.25) is 0 Å². The summed E-state index contributed by atoms with van der Waals surface area (Å²) in [5.41, 5.74) is 2.28. The zero-order valence-corrected chi connectivity index (χ0v) is 20.4. The molecular formula is C26H30N2O6. The smallest absolute Gasteiger partial charge is 0.355 e. The highest BCUT2D eigenvalue weighted by Crippen LogP contribution is 2.26. The SMILES string of the molecule is CCOC(=O)c1c(C)c(C(=O)C(C)N(Cc2ccco2)C(=O)c2cccc(OC)c2)c(C)n1C. The van der Waals surface area contributed by atoms with Crippen LogP contribution in [0, 0.1) is 13.8 Å². The van der Waals surface area contributed by atoms with Crippen molar-refractivity contribution in [3.8, 4) is 5.75 Å². The van der Waals surface area contributed by atoms with E-state index in [2.05, 4.69) is 0 Å². The Labute approximate surface area is 199 Å². The Hall–Kier alpha value is -3.81. The molecule has 0 aliphatic rings. The quantitative estimate of drug-likeness (QED) is 0.344. The minimum Gasteiger partial charge on any atom is -0.497 e. The number of rotatable bonds is 9. The van der Waals surface area contributed by atoms with Crippen LogP contribution in [0.1, 0.15) is 62.1 Å². The maximum atomic E-state index is 13.7. The van der Waals surface area contributed by atoms with Crippen LogP contribution in [0.5, 0.6) is 5.75 Å². The van der Waals surface area contributed by atoms with Gasteiger partial charge in [-0.1, -0.05) is 6.07 Å². The van der Waals surface area contributed by atoms with Crippen molar-refractivity contribution in [2.75, 3.05) is 13.7 Å². The summed E-state index contributed by atoms with van der Waals surface area (Å²) in [5, 5.41) is 0. The minimum atomic E-state index is -0.835. The van der Waals surface area contributed by atoms with Gasteiger partial charge in [0.05, 0.1) is 32.6 Å². The van der Waals surface area contributed by atoms with Gasteiger partial charge >= 0.3 is 5.97 Å². The first-order valence-corrected chi connectivity index (χ1v) is 11.1. The topological polar surface area (TPSA) is 91.0 Å². The van der Waals surface area contributed by atoms with Crippen LogP contribution in [0.25, 0.3) is 0 Å². The molecule has 3 rings (SSSR count). The fourth-order valence-corrected chi connectivity index (χ4v) is 4.06. The summed E-state index contributed by atoms with van der Waals surface area (Å²) in [7, 11) is 3.25. The molecule has 0 N–H and O–H groups in total. The monoisotopic (exact) mass is 466 g/mol. The van der Waals surface area contributed by atoms with Gasteiger partial charge in [-0.25, -0.2) is 4.79 Å². The Bertz CT molecular complexity index is 1190. The van der Waals surface area contributed by atoms with Gasteiger partial charge in [0.2, 0.25) is 0 Å². The lowest BCUT2D eigenvalue weighted by atomic mass is 9.99. The zero-order chi connectivity index (χ0) is 25.0. The van der Waals surface area contributed by atoms with Gasteiger partial charge in [0.15, 0.2) is 5.78 Å². The lowest BCUT2D eigenvalue weighted by molar-refractivity contribution is 0.0513. The fraction of sp³-hybridized carbons (Fsp3) is 0.346. The molecule has 1 aromatic carbocycles. The van der Waals surface area contributed by atoms with E-state index in [4.69, 9.17) is 13.9 Å². The maximum absolute atomic E-state index is 13.7. The second-order valence-corrected chi connectivity index (χ2v) is 8.00. The molecule has 0 saturated heterocycles. The second kappa shape index (κ2) is 10.4. The number of aromatic nitrogens is 1. The number of ether oxygens (including phenoxy) is 2. The molecule has 0 spiro atoms. The highest BCUT2D eigenvalue weighted by molar-refractivity contribution is 6.07. The van der Waals surface area contributed by atoms with E-state index in [1.165, 1.54) is 18.3 Å². The normalized spacial score (nSPS) is 11.7. The van der Waals surface area contributed by atoms with E-state index in [1.807, 2.05) is 0 Å². The predicted molar refractivity (Wildman–Crippen MR) is 126 cm³/mol. The van der Waals surface area contributed by atoms with Crippen LogP contribution in [-0.2, 0) is 18.3 Å². The molecule has 0 radical (unpaired) electrons. The van der Waals surface area contributed by atoms with Gasteiger partial charge in [0.1, 0.15) is 17.2 Å². The largest absolute Gasteiger partial charge is 0.497 e. The van der Waals surface area contributed by atoms with Gasteiger partial charge < -0.3 is 23.4 Å². The van der Waals surface area contributed by atoms with Crippen LogP contribution in [-0.4, -0.2) is 46.9 Å². The number of carbonyl (C=O) groups is 3. The van der Waals surface area contributed by atoms with Crippen LogP contribution < -0.4 is 4.74 Å². The number of Topliss-reactive ketones (excluding diaryl/α,β-unsaturated/α-hetero) is 1. The molecule has 34 heavy (non-hydrogen) atoms. The van der Waals surface area contributed by atoms with Gasteiger partial charge in [-0.3, -0.25) is 9.59 Å². The summed E-state index contributed by atoms with van der Waals surface area (Å²) >= 11 is 0. The Morgan fingerprint density at radius 1 is 1.15 bits per heavy atom. The number of ketones is 1. The maximum Gasteiger partial charge on any atom is 0.355 e. The Morgan fingerprint density at radius 2 is 1.88 bits per heavy atom. The summed E-state index contributed by atoms with van der Waals surface area (Å²) in [6, 6.07) is 9.42. The molecule has 1 amide bonds. The number of furan rings is 1. The molecule has 0 aliphatic heterocycles. The minimum absolute atomic E-state index is 0.103. The standard InChI is InChI=1S/C26H30N2O6/c1-7-33-26(31)23-16(2)22(17(3)27(23)5)24(29)18(4)28(15-21-12-9-13-34-21)25(30)19-10-8-11-20(14-19)32-6/h8-14,18H,7,15H2,1-6H3. The fourth-order valence-electron chi connectivity index (χ4n) is 4.06. The summed E-state index contributed by atoms with van der Waals surface area (Å²) < 4.78 is 17.6. The first kappa shape index (κ1) is 24.8. The first-order valence-electron chi connectivity index (χ1n) is 11.1. The van der Waals surface area contributed by atoms with E-state index in [9.17, 15) is 14.4 Å². The van der Waals surface area contributed by atoms with Crippen LogP contribution in [0.3, 0.4) is 0 Å².